The quantitative estimate of drug-likeness (QED) is 0.474. The van der Waals surface area contributed by atoms with Crippen LogP contribution in [-0.2, 0) is 11.3 Å². The van der Waals surface area contributed by atoms with Crippen molar-refractivity contribution in [1.29, 1.82) is 0 Å². The average Bonchev–Trinajstić information content (AvgIpc) is 3.05. The number of aryl methyl sites for hydroxylation is 1. The Morgan fingerprint density at radius 3 is 2.82 bits per heavy atom. The molecule has 0 saturated heterocycles. The van der Waals surface area contributed by atoms with Gasteiger partial charge in [-0.3, -0.25) is 9.20 Å². The number of nitrogens with one attached hydrogen (secondary N) is 1. The van der Waals surface area contributed by atoms with Crippen LogP contribution in [0.4, 0.5) is 0 Å². The van der Waals surface area contributed by atoms with Crippen molar-refractivity contribution in [3.05, 3.63) is 64.7 Å². The second-order valence-corrected chi connectivity index (χ2v) is 6.02. The Kier molecular flexibility index (Phi) is 6.11. The van der Waals surface area contributed by atoms with Crippen LogP contribution in [0, 0.1) is 0 Å². The molecule has 146 valence electrons. The maximum Gasteiger partial charge on any atom is 0.350 e. The first kappa shape index (κ1) is 19.2. The van der Waals surface area contributed by atoms with Crippen molar-refractivity contribution >= 4 is 17.6 Å². The molecule has 28 heavy (non-hydrogen) atoms. The summed E-state index contributed by atoms with van der Waals surface area (Å²) in [6.07, 6.45) is 5.40. The van der Waals surface area contributed by atoms with E-state index in [0.29, 0.717) is 36.7 Å². The van der Waals surface area contributed by atoms with Crippen LogP contribution in [0.5, 0.6) is 11.5 Å². The number of hydrogen-bond acceptors (Lipinski definition) is 5. The largest absolute Gasteiger partial charge is 0.497 e. The van der Waals surface area contributed by atoms with Crippen molar-refractivity contribution in [2.45, 2.75) is 13.0 Å². The fourth-order valence-corrected chi connectivity index (χ4v) is 2.73. The maximum atomic E-state index is 12.2. The molecule has 0 atom stereocenters. The summed E-state index contributed by atoms with van der Waals surface area (Å²) in [6, 6.07) is 10.8. The molecular formula is C20H22N4O4. The summed E-state index contributed by atoms with van der Waals surface area (Å²) in [7, 11) is 3.14. The zero-order valence-corrected chi connectivity index (χ0v) is 15.8. The fraction of sp³-hybridized carbons (Fsp3) is 0.250. The highest BCUT2D eigenvalue weighted by Gasteiger charge is 2.06. The zero-order valence-electron chi connectivity index (χ0n) is 15.8. The summed E-state index contributed by atoms with van der Waals surface area (Å²) in [5, 5.41) is 7.05. The van der Waals surface area contributed by atoms with Gasteiger partial charge in [0.25, 0.3) is 0 Å². The van der Waals surface area contributed by atoms with Gasteiger partial charge in [0.2, 0.25) is 5.91 Å². The first-order chi connectivity index (χ1) is 13.6. The van der Waals surface area contributed by atoms with Crippen LogP contribution in [-0.4, -0.2) is 40.9 Å². The highest BCUT2D eigenvalue weighted by atomic mass is 16.5. The van der Waals surface area contributed by atoms with Crippen LogP contribution in [0.25, 0.3) is 11.7 Å². The third-order valence-electron chi connectivity index (χ3n) is 4.19. The lowest BCUT2D eigenvalue weighted by atomic mass is 10.1. The van der Waals surface area contributed by atoms with Crippen LogP contribution < -0.4 is 20.5 Å². The molecule has 0 spiro atoms. The Labute approximate surface area is 162 Å². The van der Waals surface area contributed by atoms with Gasteiger partial charge in [-0.05, 0) is 36.8 Å². The zero-order chi connectivity index (χ0) is 19.9. The Hall–Kier alpha value is -3.55. The molecule has 0 aliphatic carbocycles. The van der Waals surface area contributed by atoms with Crippen molar-refractivity contribution in [2.75, 3.05) is 20.8 Å². The van der Waals surface area contributed by atoms with Gasteiger partial charge in [-0.15, -0.1) is 5.10 Å². The van der Waals surface area contributed by atoms with Gasteiger partial charge in [0, 0.05) is 37.0 Å². The molecule has 0 radical (unpaired) electrons. The number of amides is 1. The molecule has 0 aliphatic rings. The second-order valence-electron chi connectivity index (χ2n) is 6.02. The summed E-state index contributed by atoms with van der Waals surface area (Å²) in [5.74, 6) is 1.08. The first-order valence-electron chi connectivity index (χ1n) is 8.84. The number of carbonyl (C=O) groups excluding carboxylic acids is 1. The van der Waals surface area contributed by atoms with Gasteiger partial charge in [-0.2, -0.15) is 0 Å². The van der Waals surface area contributed by atoms with Gasteiger partial charge < -0.3 is 14.8 Å². The fourth-order valence-electron chi connectivity index (χ4n) is 2.73. The third kappa shape index (κ3) is 4.40. The molecule has 2 heterocycles. The standard InChI is InChI=1S/C20H22N4O4/c1-27-16-9-7-15(17(14-16)28-2)8-10-19(25)21-11-5-13-24-20(26)23-12-4-3-6-18(23)22-24/h3-4,6-10,12,14H,5,11,13H2,1-2H3,(H,21,25). The van der Waals surface area contributed by atoms with Gasteiger partial charge in [-0.25, -0.2) is 9.48 Å². The maximum absolute atomic E-state index is 12.2. The van der Waals surface area contributed by atoms with Gasteiger partial charge >= 0.3 is 5.69 Å². The molecular weight excluding hydrogens is 360 g/mol. The van der Waals surface area contributed by atoms with Crippen molar-refractivity contribution in [3.63, 3.8) is 0 Å². The van der Waals surface area contributed by atoms with E-state index < -0.39 is 0 Å². The molecule has 1 aromatic carbocycles. The molecule has 8 heteroatoms. The minimum Gasteiger partial charge on any atom is -0.497 e. The van der Waals surface area contributed by atoms with Gasteiger partial charge in [-0.1, -0.05) is 6.07 Å². The average molecular weight is 382 g/mol. The molecule has 1 amide bonds. The number of pyridine rings is 1. The van der Waals surface area contributed by atoms with E-state index in [1.807, 2.05) is 12.1 Å². The van der Waals surface area contributed by atoms with Gasteiger partial charge in [0.15, 0.2) is 5.65 Å². The molecule has 0 saturated carbocycles. The highest BCUT2D eigenvalue weighted by molar-refractivity contribution is 5.92. The lowest BCUT2D eigenvalue weighted by molar-refractivity contribution is -0.116. The molecule has 3 rings (SSSR count). The minimum absolute atomic E-state index is 0.187. The van der Waals surface area contributed by atoms with Crippen molar-refractivity contribution in [3.8, 4) is 11.5 Å². The molecule has 2 aromatic heterocycles. The lowest BCUT2D eigenvalue weighted by Crippen LogP contribution is -2.26. The number of carbonyl (C=O) groups is 1. The van der Waals surface area contributed by atoms with Crippen molar-refractivity contribution in [1.82, 2.24) is 19.5 Å². The summed E-state index contributed by atoms with van der Waals surface area (Å²) >= 11 is 0. The van der Waals surface area contributed by atoms with Crippen LogP contribution >= 0.6 is 0 Å². The molecule has 0 aliphatic heterocycles. The SMILES string of the molecule is COc1ccc(C=CC(=O)NCCCn2nc3ccccn3c2=O)c(OC)c1. The monoisotopic (exact) mass is 382 g/mol. The number of nitrogens with zero attached hydrogens (tertiary/aromatic N) is 3. The summed E-state index contributed by atoms with van der Waals surface area (Å²) in [5.41, 5.74) is 1.19. The van der Waals surface area contributed by atoms with E-state index >= 15 is 0 Å². The number of fused-ring (bicyclic) bond motifs is 1. The summed E-state index contributed by atoms with van der Waals surface area (Å²) in [6.45, 7) is 0.861. The summed E-state index contributed by atoms with van der Waals surface area (Å²) < 4.78 is 13.3. The topological polar surface area (TPSA) is 86.9 Å². The predicted octanol–water partition coefficient (Wildman–Crippen LogP) is 1.73. The Bertz CT molecular complexity index is 1050. The van der Waals surface area contributed by atoms with Gasteiger partial charge in [0.1, 0.15) is 11.5 Å². The molecule has 0 fully saturated rings. The van der Waals surface area contributed by atoms with E-state index in [0.717, 1.165) is 5.56 Å². The Morgan fingerprint density at radius 1 is 1.21 bits per heavy atom. The smallest absolute Gasteiger partial charge is 0.350 e. The Morgan fingerprint density at radius 2 is 2.07 bits per heavy atom. The van der Waals surface area contributed by atoms with E-state index in [-0.39, 0.29) is 11.6 Å². The number of methoxy groups -OCH3 is 2. The number of benzene rings is 1. The van der Waals surface area contributed by atoms with E-state index in [2.05, 4.69) is 10.4 Å². The Balaban J connectivity index is 1.51. The minimum atomic E-state index is -0.222. The second kappa shape index (κ2) is 8.90. The van der Waals surface area contributed by atoms with Crippen molar-refractivity contribution < 1.29 is 14.3 Å². The van der Waals surface area contributed by atoms with E-state index in [9.17, 15) is 9.59 Å². The summed E-state index contributed by atoms with van der Waals surface area (Å²) in [4.78, 5) is 24.2. The normalized spacial score (nSPS) is 11.1. The van der Waals surface area contributed by atoms with Crippen LogP contribution in [0.1, 0.15) is 12.0 Å². The first-order valence-corrected chi connectivity index (χ1v) is 8.84. The van der Waals surface area contributed by atoms with E-state index in [1.54, 1.807) is 50.8 Å². The molecule has 0 unspecified atom stereocenters. The lowest BCUT2D eigenvalue weighted by Gasteiger charge is -2.07. The van der Waals surface area contributed by atoms with E-state index in [1.165, 1.54) is 15.2 Å². The molecule has 8 nitrogen and oxygen atoms in total. The molecule has 1 N–H and O–H groups in total. The molecule has 3 aromatic rings. The third-order valence-corrected chi connectivity index (χ3v) is 4.19. The molecule has 0 bridgehead atoms. The van der Waals surface area contributed by atoms with Crippen LogP contribution in [0.2, 0.25) is 0 Å². The van der Waals surface area contributed by atoms with Crippen molar-refractivity contribution in [2.24, 2.45) is 0 Å². The van der Waals surface area contributed by atoms with E-state index in [4.69, 9.17) is 9.47 Å². The van der Waals surface area contributed by atoms with Gasteiger partial charge in [0.05, 0.1) is 14.2 Å². The highest BCUT2D eigenvalue weighted by Crippen LogP contribution is 2.25. The predicted molar refractivity (Wildman–Crippen MR) is 106 cm³/mol. The number of rotatable bonds is 8. The van der Waals surface area contributed by atoms with Crippen LogP contribution in [0.15, 0.2) is 53.5 Å². The number of hydrogen-bond donors (Lipinski definition) is 1. The number of aromatic nitrogens is 3. The number of ether oxygens (including phenoxy) is 2. The van der Waals surface area contributed by atoms with Crippen LogP contribution in [0.3, 0.4) is 0 Å².